The summed E-state index contributed by atoms with van der Waals surface area (Å²) in [5, 5.41) is 14.1. The van der Waals surface area contributed by atoms with Crippen LogP contribution in [0.5, 0.6) is 0 Å². The van der Waals surface area contributed by atoms with Gasteiger partial charge in [0.15, 0.2) is 0 Å². The molecule has 0 spiro atoms. The lowest BCUT2D eigenvalue weighted by Crippen LogP contribution is -2.42. The maximum absolute atomic E-state index is 12.3. The van der Waals surface area contributed by atoms with Crippen LogP contribution in [0.4, 0.5) is 13.2 Å². The van der Waals surface area contributed by atoms with E-state index in [-0.39, 0.29) is 17.7 Å². The zero-order chi connectivity index (χ0) is 15.3. The molecule has 3 N–H and O–H groups in total. The first-order valence-corrected chi connectivity index (χ1v) is 5.61. The number of nitrogens with one attached hydrogen (secondary N) is 2. The van der Waals surface area contributed by atoms with Crippen molar-refractivity contribution >= 4 is 6.72 Å². The minimum absolute atomic E-state index is 0.0657. The first kappa shape index (κ1) is 17.7. The number of nitrogens with zero attached hydrogens (tertiary/aromatic N) is 1. The zero-order valence-electron chi connectivity index (χ0n) is 11.3. The molecule has 0 saturated heterocycles. The first-order chi connectivity index (χ1) is 8.50. The Hall–Kier alpha value is -1.34. The third-order valence-electron chi connectivity index (χ3n) is 2.10. The van der Waals surface area contributed by atoms with Gasteiger partial charge in [-0.3, -0.25) is 5.32 Å². The number of hydrogen-bond donors (Lipinski definition) is 3. The Balaban J connectivity index is 5.02. The van der Waals surface area contributed by atoms with E-state index in [1.807, 2.05) is 20.8 Å². The van der Waals surface area contributed by atoms with Crippen LogP contribution >= 0.6 is 0 Å². The van der Waals surface area contributed by atoms with Gasteiger partial charge in [0.2, 0.25) is 0 Å². The third-order valence-corrected chi connectivity index (χ3v) is 2.10. The van der Waals surface area contributed by atoms with E-state index in [4.69, 9.17) is 0 Å². The van der Waals surface area contributed by atoms with Crippen molar-refractivity contribution in [1.29, 1.82) is 0 Å². The predicted molar refractivity (Wildman–Crippen MR) is 69.7 cm³/mol. The molecule has 0 rings (SSSR count). The fourth-order valence-electron chi connectivity index (χ4n) is 1.24. The quantitative estimate of drug-likeness (QED) is 0.396. The van der Waals surface area contributed by atoms with Gasteiger partial charge in [0.05, 0.1) is 6.10 Å². The van der Waals surface area contributed by atoms with E-state index in [1.54, 1.807) is 0 Å². The summed E-state index contributed by atoms with van der Waals surface area (Å²) in [6, 6.07) is 0. The lowest BCUT2D eigenvalue weighted by molar-refractivity contribution is -0.149. The molecule has 0 amide bonds. The highest BCUT2D eigenvalue weighted by molar-refractivity contribution is 5.35. The number of aliphatic hydroxyl groups excluding tert-OH is 1. The molecule has 0 radical (unpaired) electrons. The molecule has 4 nitrogen and oxygen atoms in total. The summed E-state index contributed by atoms with van der Waals surface area (Å²) in [6.07, 6.45) is -4.70. The minimum Gasteiger partial charge on any atom is -0.387 e. The Morgan fingerprint density at radius 1 is 1.37 bits per heavy atom. The van der Waals surface area contributed by atoms with Crippen LogP contribution in [-0.4, -0.2) is 36.3 Å². The third kappa shape index (κ3) is 7.63. The van der Waals surface area contributed by atoms with Crippen LogP contribution in [0.1, 0.15) is 20.8 Å². The lowest BCUT2D eigenvalue weighted by atomic mass is 10.1. The molecule has 0 fully saturated rings. The molecule has 7 heteroatoms. The van der Waals surface area contributed by atoms with Gasteiger partial charge in [-0.25, -0.2) is 4.99 Å². The Morgan fingerprint density at radius 2 is 1.89 bits per heavy atom. The predicted octanol–water partition coefficient (Wildman–Crippen LogP) is 1.94. The minimum atomic E-state index is -4.65. The van der Waals surface area contributed by atoms with Gasteiger partial charge in [-0.1, -0.05) is 12.7 Å². The normalized spacial score (nSPS) is 15.5. The van der Waals surface area contributed by atoms with Crippen LogP contribution in [0.3, 0.4) is 0 Å². The number of halogens is 3. The van der Waals surface area contributed by atoms with Crippen LogP contribution in [0.15, 0.2) is 29.0 Å². The van der Waals surface area contributed by atoms with E-state index >= 15 is 0 Å². The van der Waals surface area contributed by atoms with Crippen LogP contribution < -0.4 is 10.6 Å². The molecule has 0 aromatic carbocycles. The summed E-state index contributed by atoms with van der Waals surface area (Å²) in [6.45, 7) is 12.1. The van der Waals surface area contributed by atoms with E-state index in [9.17, 15) is 18.3 Å². The van der Waals surface area contributed by atoms with Crippen molar-refractivity contribution < 1.29 is 18.3 Å². The van der Waals surface area contributed by atoms with E-state index in [0.29, 0.717) is 0 Å². The Kier molecular flexibility index (Phi) is 6.24. The highest BCUT2D eigenvalue weighted by Gasteiger charge is 2.30. The average molecular weight is 279 g/mol. The molecular formula is C12H20F3N3O. The van der Waals surface area contributed by atoms with Crippen molar-refractivity contribution in [3.63, 3.8) is 0 Å². The molecule has 0 aromatic rings. The number of hydrogen-bond acceptors (Lipinski definition) is 4. The largest absolute Gasteiger partial charge is 0.483 e. The van der Waals surface area contributed by atoms with Gasteiger partial charge in [-0.2, -0.15) is 13.2 Å². The topological polar surface area (TPSA) is 56.7 Å². The fourth-order valence-corrected chi connectivity index (χ4v) is 1.24. The summed E-state index contributed by atoms with van der Waals surface area (Å²) in [5.74, 6) is -0.550. The van der Waals surface area contributed by atoms with Crippen LogP contribution in [0.25, 0.3) is 0 Å². The molecule has 110 valence electrons. The molecule has 0 bridgehead atoms. The van der Waals surface area contributed by atoms with Gasteiger partial charge >= 0.3 is 6.30 Å². The molecule has 1 atom stereocenters. The Bertz CT molecular complexity index is 356. The number of β-amino-alcohol motifs (C(OH)–C–C–N with tert-alkyl or cyclic N) is 1. The lowest BCUT2D eigenvalue weighted by Gasteiger charge is -2.24. The second-order valence-corrected chi connectivity index (χ2v) is 4.94. The van der Waals surface area contributed by atoms with Crippen molar-refractivity contribution in [2.45, 2.75) is 38.7 Å². The molecule has 0 aliphatic heterocycles. The Morgan fingerprint density at radius 3 is 2.21 bits per heavy atom. The molecule has 0 heterocycles. The zero-order valence-corrected chi connectivity index (χ0v) is 11.3. The number of alkyl halides is 3. The second kappa shape index (κ2) is 6.72. The smallest absolute Gasteiger partial charge is 0.387 e. The fraction of sp³-hybridized carbons (Fsp3) is 0.583. The summed E-state index contributed by atoms with van der Waals surface area (Å²) in [7, 11) is 0. The monoisotopic (exact) mass is 279 g/mol. The molecule has 0 unspecified atom stereocenters. The SMILES string of the molecule is C=C/C(=C(\N=C)NC(F)(F)F)[C@@H](O)CNC(C)(C)C. The van der Waals surface area contributed by atoms with Gasteiger partial charge in [-0.15, -0.1) is 0 Å². The molecule has 0 aliphatic rings. The standard InChI is InChI=1S/C12H20F3N3O/c1-6-8(9(19)7-17-11(2,3)4)10(16-5)18-12(13,14)15/h6,9,17-19H,1,5,7H2,2-4H3/b10-8-/t9-/m0/s1. The van der Waals surface area contributed by atoms with E-state index in [2.05, 4.69) is 23.6 Å². The maximum atomic E-state index is 12.3. The van der Waals surface area contributed by atoms with E-state index in [1.165, 1.54) is 5.32 Å². The molecule has 19 heavy (non-hydrogen) atoms. The van der Waals surface area contributed by atoms with Crippen LogP contribution in [-0.2, 0) is 0 Å². The molecule has 0 aliphatic carbocycles. The van der Waals surface area contributed by atoms with E-state index in [0.717, 1.165) is 6.08 Å². The van der Waals surface area contributed by atoms with Crippen molar-refractivity contribution in [2.24, 2.45) is 4.99 Å². The number of aliphatic imine (C=N–C) groups is 1. The van der Waals surface area contributed by atoms with Gasteiger partial charge in [0, 0.05) is 17.7 Å². The molecule has 0 saturated carbocycles. The second-order valence-electron chi connectivity index (χ2n) is 4.94. The van der Waals surface area contributed by atoms with Gasteiger partial charge in [-0.05, 0) is 27.5 Å². The summed E-state index contributed by atoms with van der Waals surface area (Å²) < 4.78 is 36.8. The van der Waals surface area contributed by atoms with Crippen molar-refractivity contribution in [3.8, 4) is 0 Å². The number of rotatable bonds is 6. The summed E-state index contributed by atoms with van der Waals surface area (Å²) in [4.78, 5) is 3.25. The van der Waals surface area contributed by atoms with Gasteiger partial charge in [0.1, 0.15) is 5.82 Å². The van der Waals surface area contributed by atoms with Crippen LogP contribution in [0.2, 0.25) is 0 Å². The highest BCUT2D eigenvalue weighted by Crippen LogP contribution is 2.17. The summed E-state index contributed by atoms with van der Waals surface area (Å²) >= 11 is 0. The maximum Gasteiger partial charge on any atom is 0.483 e. The molecular weight excluding hydrogens is 259 g/mol. The van der Waals surface area contributed by atoms with Crippen molar-refractivity contribution in [2.75, 3.05) is 6.54 Å². The van der Waals surface area contributed by atoms with E-state index < -0.39 is 18.2 Å². The first-order valence-electron chi connectivity index (χ1n) is 5.61. The Labute approximate surface area is 111 Å². The summed E-state index contributed by atoms with van der Waals surface area (Å²) in [5.41, 5.74) is -0.337. The average Bonchev–Trinajstić information content (AvgIpc) is 2.23. The van der Waals surface area contributed by atoms with Crippen LogP contribution in [0, 0.1) is 0 Å². The van der Waals surface area contributed by atoms with Crippen molar-refractivity contribution in [1.82, 2.24) is 10.6 Å². The van der Waals surface area contributed by atoms with Gasteiger partial charge in [0.25, 0.3) is 0 Å². The molecule has 0 aromatic heterocycles. The van der Waals surface area contributed by atoms with Gasteiger partial charge < -0.3 is 10.4 Å². The number of aliphatic hydroxyl groups is 1. The highest BCUT2D eigenvalue weighted by atomic mass is 19.4. The van der Waals surface area contributed by atoms with Crippen molar-refractivity contribution in [3.05, 3.63) is 24.0 Å².